The monoisotopic (exact) mass is 337 g/mol. The van der Waals surface area contributed by atoms with Crippen molar-refractivity contribution in [3.63, 3.8) is 0 Å². The van der Waals surface area contributed by atoms with Gasteiger partial charge in [0.2, 0.25) is 5.91 Å². The highest BCUT2D eigenvalue weighted by molar-refractivity contribution is 6.35. The zero-order valence-corrected chi connectivity index (χ0v) is 13.2. The highest BCUT2D eigenvalue weighted by Crippen LogP contribution is 2.31. The summed E-state index contributed by atoms with van der Waals surface area (Å²) >= 11 is 11.9. The fourth-order valence-corrected chi connectivity index (χ4v) is 3.28. The van der Waals surface area contributed by atoms with Crippen molar-refractivity contribution >= 4 is 29.1 Å². The number of fused-ring (bicyclic) bond motifs is 1. The molecular formula is C17H14Cl2FNO. The van der Waals surface area contributed by atoms with Gasteiger partial charge in [0.1, 0.15) is 5.82 Å². The molecule has 2 aromatic rings. The van der Waals surface area contributed by atoms with Crippen LogP contribution in [0, 0.1) is 5.82 Å². The molecule has 0 heterocycles. The topological polar surface area (TPSA) is 29.1 Å². The van der Waals surface area contributed by atoms with Crippen molar-refractivity contribution in [1.82, 2.24) is 5.32 Å². The van der Waals surface area contributed by atoms with Crippen LogP contribution < -0.4 is 5.32 Å². The minimum atomic E-state index is -0.277. The lowest BCUT2D eigenvalue weighted by molar-refractivity contribution is -0.121. The zero-order valence-electron chi connectivity index (χ0n) is 11.7. The van der Waals surface area contributed by atoms with E-state index in [0.29, 0.717) is 10.0 Å². The number of carbonyl (C=O) groups is 1. The summed E-state index contributed by atoms with van der Waals surface area (Å²) in [6.45, 7) is 0. The predicted octanol–water partition coefficient (Wildman–Crippen LogP) is 4.48. The van der Waals surface area contributed by atoms with E-state index in [1.807, 2.05) is 0 Å². The predicted molar refractivity (Wildman–Crippen MR) is 85.8 cm³/mol. The smallest absolute Gasteiger partial charge is 0.224 e. The molecule has 0 bridgehead atoms. The summed E-state index contributed by atoms with van der Waals surface area (Å²) < 4.78 is 13.4. The Morgan fingerprint density at radius 1 is 1.23 bits per heavy atom. The Hall–Kier alpha value is -1.58. The number of carbonyl (C=O) groups excluding carboxylic acids is 1. The molecule has 0 aliphatic heterocycles. The highest BCUT2D eigenvalue weighted by atomic mass is 35.5. The van der Waals surface area contributed by atoms with Crippen LogP contribution in [0.5, 0.6) is 0 Å². The van der Waals surface area contributed by atoms with Crippen LogP contribution in [0.15, 0.2) is 36.4 Å². The largest absolute Gasteiger partial charge is 0.349 e. The van der Waals surface area contributed by atoms with Crippen molar-refractivity contribution in [3.8, 4) is 0 Å². The first-order valence-corrected chi connectivity index (χ1v) is 7.80. The van der Waals surface area contributed by atoms with E-state index < -0.39 is 0 Å². The van der Waals surface area contributed by atoms with Gasteiger partial charge in [-0.25, -0.2) is 4.39 Å². The van der Waals surface area contributed by atoms with Crippen LogP contribution in [0.2, 0.25) is 10.0 Å². The molecule has 1 aliphatic rings. The van der Waals surface area contributed by atoms with E-state index in [9.17, 15) is 9.18 Å². The number of nitrogens with one attached hydrogen (secondary N) is 1. The standard InChI is InChI=1S/C17H14Cl2FNO/c18-12-4-1-11(15(19)8-12)7-17(22)21-16-6-3-10-2-5-13(20)9-14(10)16/h1-2,4-5,8-9,16H,3,6-7H2,(H,21,22). The van der Waals surface area contributed by atoms with Gasteiger partial charge in [-0.1, -0.05) is 35.3 Å². The second-order valence-corrected chi connectivity index (χ2v) is 6.26. The molecule has 0 spiro atoms. The summed E-state index contributed by atoms with van der Waals surface area (Å²) in [5.74, 6) is -0.410. The number of hydrogen-bond donors (Lipinski definition) is 1. The molecule has 0 saturated heterocycles. The first-order chi connectivity index (χ1) is 10.5. The van der Waals surface area contributed by atoms with Crippen LogP contribution >= 0.6 is 23.2 Å². The molecule has 5 heteroatoms. The van der Waals surface area contributed by atoms with Gasteiger partial charge < -0.3 is 5.32 Å². The van der Waals surface area contributed by atoms with Crippen LogP contribution in [-0.4, -0.2) is 5.91 Å². The Morgan fingerprint density at radius 3 is 2.82 bits per heavy atom. The van der Waals surface area contributed by atoms with Gasteiger partial charge in [-0.15, -0.1) is 0 Å². The third kappa shape index (κ3) is 3.26. The van der Waals surface area contributed by atoms with Crippen molar-refractivity contribution < 1.29 is 9.18 Å². The molecular weight excluding hydrogens is 324 g/mol. The second-order valence-electron chi connectivity index (χ2n) is 5.41. The van der Waals surface area contributed by atoms with Gasteiger partial charge in [-0.3, -0.25) is 4.79 Å². The Balaban J connectivity index is 1.70. The molecule has 1 N–H and O–H groups in total. The van der Waals surface area contributed by atoms with E-state index >= 15 is 0 Å². The minimum absolute atomic E-state index is 0.133. The molecule has 3 rings (SSSR count). The molecule has 1 aliphatic carbocycles. The maximum absolute atomic E-state index is 13.4. The van der Waals surface area contributed by atoms with Crippen molar-refractivity contribution in [3.05, 3.63) is 69.0 Å². The van der Waals surface area contributed by atoms with Crippen LogP contribution in [0.3, 0.4) is 0 Å². The Bertz CT molecular complexity index is 733. The van der Waals surface area contributed by atoms with E-state index in [1.165, 1.54) is 12.1 Å². The van der Waals surface area contributed by atoms with Gasteiger partial charge >= 0.3 is 0 Å². The van der Waals surface area contributed by atoms with Crippen molar-refractivity contribution in [1.29, 1.82) is 0 Å². The molecule has 22 heavy (non-hydrogen) atoms. The number of rotatable bonds is 3. The first-order valence-electron chi connectivity index (χ1n) is 7.04. The summed E-state index contributed by atoms with van der Waals surface area (Å²) in [5, 5.41) is 3.96. The summed E-state index contributed by atoms with van der Waals surface area (Å²) in [7, 11) is 0. The molecule has 2 nitrogen and oxygen atoms in total. The fraction of sp³-hybridized carbons (Fsp3) is 0.235. The number of halogens is 3. The molecule has 0 fully saturated rings. The molecule has 1 amide bonds. The minimum Gasteiger partial charge on any atom is -0.349 e. The number of benzene rings is 2. The van der Waals surface area contributed by atoms with Gasteiger partial charge in [0.05, 0.1) is 12.5 Å². The molecule has 0 aromatic heterocycles. The van der Waals surface area contributed by atoms with Gasteiger partial charge in [0.15, 0.2) is 0 Å². The SMILES string of the molecule is O=C(Cc1ccc(Cl)cc1Cl)NC1CCc2ccc(F)cc21. The van der Waals surface area contributed by atoms with E-state index in [1.54, 1.807) is 24.3 Å². The Labute approximate surface area is 138 Å². The molecule has 0 saturated carbocycles. The molecule has 2 aromatic carbocycles. The lowest BCUT2D eigenvalue weighted by Gasteiger charge is -2.14. The van der Waals surface area contributed by atoms with Crippen LogP contribution in [-0.2, 0) is 17.6 Å². The van der Waals surface area contributed by atoms with Gasteiger partial charge in [-0.2, -0.15) is 0 Å². The molecule has 114 valence electrons. The number of aryl methyl sites for hydroxylation is 1. The van der Waals surface area contributed by atoms with Crippen molar-refractivity contribution in [2.45, 2.75) is 25.3 Å². The van der Waals surface area contributed by atoms with Gasteiger partial charge in [0.25, 0.3) is 0 Å². The Morgan fingerprint density at radius 2 is 2.05 bits per heavy atom. The highest BCUT2D eigenvalue weighted by Gasteiger charge is 2.24. The average molecular weight is 338 g/mol. The number of amides is 1. The van der Waals surface area contributed by atoms with Crippen LogP contribution in [0.25, 0.3) is 0 Å². The van der Waals surface area contributed by atoms with E-state index in [2.05, 4.69) is 5.32 Å². The lowest BCUT2D eigenvalue weighted by Crippen LogP contribution is -2.28. The number of hydrogen-bond acceptors (Lipinski definition) is 1. The summed E-state index contributed by atoms with van der Waals surface area (Å²) in [6, 6.07) is 9.67. The summed E-state index contributed by atoms with van der Waals surface area (Å²) in [4.78, 5) is 12.2. The normalized spacial score (nSPS) is 16.4. The Kier molecular flexibility index (Phi) is 4.37. The van der Waals surface area contributed by atoms with E-state index in [-0.39, 0.29) is 24.2 Å². The first kappa shape index (κ1) is 15.3. The molecule has 1 unspecified atom stereocenters. The van der Waals surface area contributed by atoms with Crippen LogP contribution in [0.4, 0.5) is 4.39 Å². The second kappa shape index (κ2) is 6.27. The molecule has 1 atom stereocenters. The summed E-state index contributed by atoms with van der Waals surface area (Å²) in [5.41, 5.74) is 2.69. The van der Waals surface area contributed by atoms with Crippen molar-refractivity contribution in [2.24, 2.45) is 0 Å². The summed E-state index contributed by atoms with van der Waals surface area (Å²) in [6.07, 6.45) is 1.82. The van der Waals surface area contributed by atoms with E-state index in [4.69, 9.17) is 23.2 Å². The lowest BCUT2D eigenvalue weighted by atomic mass is 10.1. The maximum Gasteiger partial charge on any atom is 0.224 e. The molecule has 0 radical (unpaired) electrons. The third-order valence-corrected chi connectivity index (χ3v) is 4.47. The zero-order chi connectivity index (χ0) is 15.7. The van der Waals surface area contributed by atoms with Crippen molar-refractivity contribution in [2.75, 3.05) is 0 Å². The third-order valence-electron chi connectivity index (χ3n) is 3.89. The fourth-order valence-electron chi connectivity index (χ4n) is 2.81. The quantitative estimate of drug-likeness (QED) is 0.878. The average Bonchev–Trinajstić information content (AvgIpc) is 2.84. The maximum atomic E-state index is 13.4. The van der Waals surface area contributed by atoms with Gasteiger partial charge in [-0.05, 0) is 53.8 Å². The van der Waals surface area contributed by atoms with Gasteiger partial charge in [0, 0.05) is 10.0 Å². The van der Waals surface area contributed by atoms with Crippen LogP contribution in [0.1, 0.15) is 29.2 Å². The van der Waals surface area contributed by atoms with E-state index in [0.717, 1.165) is 29.5 Å².